The SMILES string of the molecule is CCN1CCN(C(=O)Cn2cc(NC(=O)/C(C(=N)N)=C3\N=CC=CN3)c(-c3cc(Cl)ccc3OC(F)F)n2)CC1. The van der Waals surface area contributed by atoms with E-state index >= 15 is 0 Å². The number of ether oxygens (including phenoxy) is 1. The molecule has 1 aromatic heterocycles. The van der Waals surface area contributed by atoms with Crippen LogP contribution >= 0.6 is 11.6 Å². The molecule has 3 heterocycles. The fraction of sp³-hybridized carbons (Fsp3) is 0.320. The third-order valence-electron chi connectivity index (χ3n) is 6.23. The predicted molar refractivity (Wildman–Crippen MR) is 146 cm³/mol. The van der Waals surface area contributed by atoms with Gasteiger partial charge in [-0.2, -0.15) is 13.9 Å². The monoisotopic (exact) mass is 575 g/mol. The third-order valence-corrected chi connectivity index (χ3v) is 6.47. The number of amidine groups is 1. The molecule has 1 saturated heterocycles. The van der Waals surface area contributed by atoms with Gasteiger partial charge in [-0.05, 0) is 30.8 Å². The number of alkyl halides is 2. The minimum Gasteiger partial charge on any atom is -0.434 e. The van der Waals surface area contributed by atoms with Crippen LogP contribution in [0.4, 0.5) is 14.5 Å². The zero-order chi connectivity index (χ0) is 28.8. The summed E-state index contributed by atoms with van der Waals surface area (Å²) in [5.74, 6) is -1.78. The fourth-order valence-electron chi connectivity index (χ4n) is 4.23. The maximum atomic E-state index is 13.3. The van der Waals surface area contributed by atoms with Crippen molar-refractivity contribution in [3.05, 3.63) is 53.1 Å². The standard InChI is InChI=1S/C25H28ClF2N9O3/c1-2-35-8-10-36(11-9-35)19(38)14-37-13-17(33-24(39)20(22(29)30)23-31-6-3-7-32-23)21(34-37)16-12-15(26)4-5-18(16)40-25(27)28/h3-7,12-13,25,31H,2,8-11,14H2,1H3,(H3,29,30)(H,33,39)/b23-20-. The molecule has 0 saturated carbocycles. The van der Waals surface area contributed by atoms with Gasteiger partial charge in [0.1, 0.15) is 35.2 Å². The van der Waals surface area contributed by atoms with Gasteiger partial charge in [0, 0.05) is 55.4 Å². The first-order valence-electron chi connectivity index (χ1n) is 12.3. The number of nitrogens with one attached hydrogen (secondary N) is 3. The first kappa shape index (κ1) is 28.7. The number of carbonyl (C=O) groups is 2. The molecule has 0 atom stereocenters. The molecule has 0 aliphatic carbocycles. The van der Waals surface area contributed by atoms with E-state index in [2.05, 4.69) is 37.3 Å². The highest BCUT2D eigenvalue weighted by atomic mass is 35.5. The van der Waals surface area contributed by atoms with Crippen LogP contribution in [0.15, 0.2) is 53.1 Å². The van der Waals surface area contributed by atoms with Crippen molar-refractivity contribution >= 4 is 41.2 Å². The summed E-state index contributed by atoms with van der Waals surface area (Å²) in [5.41, 5.74) is 5.53. The van der Waals surface area contributed by atoms with E-state index in [1.807, 2.05) is 0 Å². The average Bonchev–Trinajstić information content (AvgIpc) is 3.31. The van der Waals surface area contributed by atoms with Crippen molar-refractivity contribution in [2.75, 3.05) is 38.0 Å². The number of rotatable bonds is 9. The number of carbonyl (C=O) groups excluding carboxylic acids is 2. The van der Waals surface area contributed by atoms with E-state index in [9.17, 15) is 18.4 Å². The summed E-state index contributed by atoms with van der Waals surface area (Å²) in [6, 6.07) is 3.98. The molecule has 2 aromatic rings. The number of allylic oxidation sites excluding steroid dienone is 1. The predicted octanol–water partition coefficient (Wildman–Crippen LogP) is 2.24. The van der Waals surface area contributed by atoms with Gasteiger partial charge in [-0.1, -0.05) is 18.5 Å². The second kappa shape index (κ2) is 12.7. The van der Waals surface area contributed by atoms with Gasteiger partial charge in [0.05, 0.1) is 5.69 Å². The van der Waals surface area contributed by atoms with Crippen LogP contribution in [-0.2, 0) is 16.1 Å². The van der Waals surface area contributed by atoms with E-state index in [0.29, 0.717) is 13.1 Å². The highest BCUT2D eigenvalue weighted by molar-refractivity contribution is 6.31. The lowest BCUT2D eigenvalue weighted by Gasteiger charge is -2.34. The second-order valence-corrected chi connectivity index (χ2v) is 9.23. The molecule has 1 fully saturated rings. The van der Waals surface area contributed by atoms with Crippen LogP contribution in [0.3, 0.4) is 0 Å². The Bertz CT molecular complexity index is 1380. The molecular weight excluding hydrogens is 548 g/mol. The van der Waals surface area contributed by atoms with Crippen LogP contribution in [0.1, 0.15) is 6.92 Å². The summed E-state index contributed by atoms with van der Waals surface area (Å²) >= 11 is 6.16. The molecule has 0 spiro atoms. The Hall–Kier alpha value is -4.30. The Kier molecular flexibility index (Phi) is 9.11. The van der Waals surface area contributed by atoms with Crippen molar-refractivity contribution < 1.29 is 23.1 Å². The second-order valence-electron chi connectivity index (χ2n) is 8.80. The number of benzene rings is 1. The Morgan fingerprint density at radius 1 is 1.27 bits per heavy atom. The van der Waals surface area contributed by atoms with Gasteiger partial charge in [0.25, 0.3) is 5.91 Å². The third kappa shape index (κ3) is 6.82. The summed E-state index contributed by atoms with van der Waals surface area (Å²) in [7, 11) is 0. The van der Waals surface area contributed by atoms with Crippen molar-refractivity contribution in [3.8, 4) is 17.0 Å². The molecule has 0 bridgehead atoms. The molecule has 1 aromatic carbocycles. The molecule has 0 unspecified atom stereocenters. The number of nitrogens with zero attached hydrogens (tertiary/aromatic N) is 5. The maximum absolute atomic E-state index is 13.3. The molecule has 2 aliphatic rings. The van der Waals surface area contributed by atoms with Crippen molar-refractivity contribution in [1.29, 1.82) is 5.41 Å². The number of hydrogen-bond acceptors (Lipinski definition) is 8. The Balaban J connectivity index is 1.70. The van der Waals surface area contributed by atoms with Crippen LogP contribution in [0, 0.1) is 5.41 Å². The van der Waals surface area contributed by atoms with Crippen molar-refractivity contribution in [3.63, 3.8) is 0 Å². The van der Waals surface area contributed by atoms with Gasteiger partial charge in [-0.25, -0.2) is 4.99 Å². The van der Waals surface area contributed by atoms with Gasteiger partial charge in [0.2, 0.25) is 5.91 Å². The molecule has 15 heteroatoms. The van der Waals surface area contributed by atoms with E-state index in [1.165, 1.54) is 41.5 Å². The van der Waals surface area contributed by atoms with E-state index in [4.69, 9.17) is 22.7 Å². The van der Waals surface area contributed by atoms with Gasteiger partial charge >= 0.3 is 6.61 Å². The van der Waals surface area contributed by atoms with Crippen molar-refractivity contribution in [1.82, 2.24) is 24.9 Å². The number of hydrogen-bond donors (Lipinski definition) is 4. The zero-order valence-corrected chi connectivity index (χ0v) is 22.3. The van der Waals surface area contributed by atoms with Gasteiger partial charge in [-0.3, -0.25) is 19.7 Å². The van der Waals surface area contributed by atoms with E-state index in [1.54, 1.807) is 11.0 Å². The average molecular weight is 576 g/mol. The summed E-state index contributed by atoms with van der Waals surface area (Å²) in [4.78, 5) is 34.3. The maximum Gasteiger partial charge on any atom is 0.387 e. The highest BCUT2D eigenvalue weighted by Gasteiger charge is 2.26. The fourth-order valence-corrected chi connectivity index (χ4v) is 4.41. The molecule has 12 nitrogen and oxygen atoms in total. The Morgan fingerprint density at radius 3 is 2.65 bits per heavy atom. The molecule has 2 aliphatic heterocycles. The zero-order valence-electron chi connectivity index (χ0n) is 21.5. The first-order chi connectivity index (χ1) is 19.2. The molecule has 212 valence electrons. The number of anilines is 1. The quantitative estimate of drug-likeness (QED) is 0.203. The number of aromatic nitrogens is 2. The van der Waals surface area contributed by atoms with E-state index < -0.39 is 18.4 Å². The van der Waals surface area contributed by atoms with E-state index in [0.717, 1.165) is 19.6 Å². The summed E-state index contributed by atoms with van der Waals surface area (Å²) in [5, 5.41) is 17.9. The van der Waals surface area contributed by atoms with E-state index in [-0.39, 0.29) is 51.6 Å². The minimum absolute atomic E-state index is 0.0167. The summed E-state index contributed by atoms with van der Waals surface area (Å²) < 4.78 is 32.3. The van der Waals surface area contributed by atoms with Crippen molar-refractivity contribution in [2.24, 2.45) is 10.7 Å². The number of halogens is 3. The van der Waals surface area contributed by atoms with Crippen LogP contribution < -0.4 is 21.1 Å². The number of likely N-dealkylation sites (N-methyl/N-ethyl adjacent to an activating group) is 1. The Morgan fingerprint density at radius 2 is 2.02 bits per heavy atom. The lowest BCUT2D eigenvalue weighted by atomic mass is 10.1. The number of aliphatic imine (C=N–C) groups is 1. The molecule has 4 rings (SSSR count). The molecule has 40 heavy (non-hydrogen) atoms. The first-order valence-corrected chi connectivity index (χ1v) is 12.7. The number of piperazine rings is 1. The molecule has 5 N–H and O–H groups in total. The van der Waals surface area contributed by atoms with Crippen LogP contribution in [-0.4, -0.2) is 82.8 Å². The van der Waals surface area contributed by atoms with Gasteiger partial charge in [0.15, 0.2) is 0 Å². The van der Waals surface area contributed by atoms with Crippen LogP contribution in [0.25, 0.3) is 11.3 Å². The Labute approximate surface area is 233 Å². The highest BCUT2D eigenvalue weighted by Crippen LogP contribution is 2.37. The number of nitrogens with two attached hydrogens (primary N) is 1. The lowest BCUT2D eigenvalue weighted by molar-refractivity contribution is -0.133. The molecule has 0 radical (unpaired) electrons. The van der Waals surface area contributed by atoms with Crippen LogP contribution in [0.2, 0.25) is 5.02 Å². The topological polar surface area (TPSA) is 154 Å². The lowest BCUT2D eigenvalue weighted by Crippen LogP contribution is -2.49. The largest absolute Gasteiger partial charge is 0.434 e. The summed E-state index contributed by atoms with van der Waals surface area (Å²) in [6.45, 7) is 2.26. The van der Waals surface area contributed by atoms with Gasteiger partial charge in [-0.15, -0.1) is 0 Å². The van der Waals surface area contributed by atoms with Crippen LogP contribution in [0.5, 0.6) is 5.75 Å². The summed E-state index contributed by atoms with van der Waals surface area (Å²) in [6.07, 6.45) is 5.90. The van der Waals surface area contributed by atoms with Crippen molar-refractivity contribution in [2.45, 2.75) is 20.1 Å². The minimum atomic E-state index is -3.14. The molecular formula is C25H28ClF2N9O3. The number of amides is 2. The molecule has 2 amide bonds. The smallest absolute Gasteiger partial charge is 0.387 e. The normalized spacial score (nSPS) is 16.6. The van der Waals surface area contributed by atoms with Gasteiger partial charge < -0.3 is 30.9 Å².